The summed E-state index contributed by atoms with van der Waals surface area (Å²) < 4.78 is 5.61. The smallest absolute Gasteiger partial charge is 0.165 e. The molecule has 0 saturated heterocycles. The number of furan rings is 1. The van der Waals surface area contributed by atoms with E-state index in [0.717, 1.165) is 27.2 Å². The molecule has 0 unspecified atom stereocenters. The lowest BCUT2D eigenvalue weighted by Crippen LogP contribution is -2.01. The summed E-state index contributed by atoms with van der Waals surface area (Å²) in [6.45, 7) is 0.610. The predicted octanol–water partition coefficient (Wildman–Crippen LogP) is 3.59. The van der Waals surface area contributed by atoms with Crippen molar-refractivity contribution in [3.63, 3.8) is 0 Å². The third-order valence-electron chi connectivity index (χ3n) is 2.06. The second-order valence-corrected chi connectivity index (χ2v) is 4.83. The molecule has 0 spiro atoms. The fourth-order valence-corrected chi connectivity index (χ4v) is 2.22. The zero-order chi connectivity index (χ0) is 11.4. The van der Waals surface area contributed by atoms with Gasteiger partial charge >= 0.3 is 0 Å². The van der Waals surface area contributed by atoms with Crippen LogP contribution in [0.15, 0.2) is 50.8 Å². The Labute approximate surface area is 104 Å². The summed E-state index contributed by atoms with van der Waals surface area (Å²) in [6, 6.07) is 11.6. The van der Waals surface area contributed by atoms with E-state index in [-0.39, 0.29) is 0 Å². The van der Waals surface area contributed by atoms with Crippen molar-refractivity contribution in [2.24, 2.45) is 5.73 Å². The maximum Gasteiger partial charge on any atom is 0.165 e. The Balaban J connectivity index is 2.05. The van der Waals surface area contributed by atoms with Crippen LogP contribution >= 0.6 is 23.4 Å². The van der Waals surface area contributed by atoms with Gasteiger partial charge in [0.25, 0.3) is 0 Å². The monoisotopic (exact) mass is 253 g/mol. The molecule has 0 saturated carbocycles. The standard InChI is InChI=1S/C12H12ClNOS/c13-9-1-4-11(5-2-9)16-12-6-3-10(15-12)7-8-14/h1-6H,7-8,14H2. The molecular weight excluding hydrogens is 242 g/mol. The van der Waals surface area contributed by atoms with Crippen LogP contribution in [0.25, 0.3) is 0 Å². The minimum absolute atomic E-state index is 0.610. The summed E-state index contributed by atoms with van der Waals surface area (Å²) >= 11 is 7.39. The van der Waals surface area contributed by atoms with Gasteiger partial charge in [0.05, 0.1) is 0 Å². The zero-order valence-electron chi connectivity index (χ0n) is 8.65. The number of hydrogen-bond donors (Lipinski definition) is 1. The van der Waals surface area contributed by atoms with E-state index in [2.05, 4.69) is 0 Å². The normalized spacial score (nSPS) is 10.6. The van der Waals surface area contributed by atoms with Crippen LogP contribution in [-0.4, -0.2) is 6.54 Å². The van der Waals surface area contributed by atoms with Crippen molar-refractivity contribution in [2.75, 3.05) is 6.54 Å². The molecule has 1 heterocycles. The summed E-state index contributed by atoms with van der Waals surface area (Å²) in [7, 11) is 0. The number of nitrogens with two attached hydrogens (primary N) is 1. The first-order chi connectivity index (χ1) is 7.78. The molecule has 16 heavy (non-hydrogen) atoms. The van der Waals surface area contributed by atoms with Crippen LogP contribution in [0.4, 0.5) is 0 Å². The van der Waals surface area contributed by atoms with Crippen LogP contribution in [0.3, 0.4) is 0 Å². The molecule has 2 nitrogen and oxygen atoms in total. The topological polar surface area (TPSA) is 39.2 Å². The van der Waals surface area contributed by atoms with Gasteiger partial charge < -0.3 is 10.2 Å². The molecule has 1 aromatic heterocycles. The second-order valence-electron chi connectivity index (χ2n) is 3.32. The summed E-state index contributed by atoms with van der Waals surface area (Å²) in [6.07, 6.45) is 0.779. The first-order valence-electron chi connectivity index (χ1n) is 5.00. The van der Waals surface area contributed by atoms with E-state index in [1.807, 2.05) is 36.4 Å². The molecule has 0 aliphatic carbocycles. The Hall–Kier alpha value is -0.900. The average Bonchev–Trinajstić information content (AvgIpc) is 2.70. The van der Waals surface area contributed by atoms with Gasteiger partial charge in [0, 0.05) is 16.3 Å². The van der Waals surface area contributed by atoms with Gasteiger partial charge in [0.2, 0.25) is 0 Å². The maximum absolute atomic E-state index is 5.81. The minimum Gasteiger partial charge on any atom is -0.454 e. The highest BCUT2D eigenvalue weighted by Crippen LogP contribution is 2.29. The summed E-state index contributed by atoms with van der Waals surface area (Å²) in [4.78, 5) is 1.11. The SMILES string of the molecule is NCCc1ccc(Sc2ccc(Cl)cc2)o1. The van der Waals surface area contributed by atoms with Gasteiger partial charge in [-0.1, -0.05) is 23.4 Å². The average molecular weight is 254 g/mol. The lowest BCUT2D eigenvalue weighted by atomic mass is 10.3. The van der Waals surface area contributed by atoms with Crippen LogP contribution in [0.2, 0.25) is 5.02 Å². The molecule has 2 rings (SSSR count). The van der Waals surface area contributed by atoms with Gasteiger partial charge in [0.1, 0.15) is 5.76 Å². The molecule has 0 radical (unpaired) electrons. The van der Waals surface area contributed by atoms with Crippen molar-refractivity contribution >= 4 is 23.4 Å². The zero-order valence-corrected chi connectivity index (χ0v) is 10.2. The minimum atomic E-state index is 0.610. The Morgan fingerprint density at radius 3 is 2.56 bits per heavy atom. The second kappa shape index (κ2) is 5.43. The van der Waals surface area contributed by atoms with Crippen LogP contribution in [0, 0.1) is 0 Å². The van der Waals surface area contributed by atoms with E-state index in [4.69, 9.17) is 21.8 Å². The molecule has 2 N–H and O–H groups in total. The van der Waals surface area contributed by atoms with E-state index in [0.29, 0.717) is 6.54 Å². The quantitative estimate of drug-likeness (QED) is 0.905. The van der Waals surface area contributed by atoms with Crippen LogP contribution in [0.1, 0.15) is 5.76 Å². The molecule has 0 bridgehead atoms. The van der Waals surface area contributed by atoms with E-state index in [1.165, 1.54) is 0 Å². The summed E-state index contributed by atoms with van der Waals surface area (Å²) in [5, 5.41) is 1.62. The van der Waals surface area contributed by atoms with E-state index >= 15 is 0 Å². The highest BCUT2D eigenvalue weighted by Gasteiger charge is 2.03. The summed E-state index contributed by atoms with van der Waals surface area (Å²) in [5.74, 6) is 0.930. The lowest BCUT2D eigenvalue weighted by molar-refractivity contribution is 0.432. The Morgan fingerprint density at radius 2 is 1.88 bits per heavy atom. The fourth-order valence-electron chi connectivity index (χ4n) is 1.31. The van der Waals surface area contributed by atoms with Gasteiger partial charge in [-0.25, -0.2) is 0 Å². The number of rotatable bonds is 4. The largest absolute Gasteiger partial charge is 0.454 e. The molecule has 0 atom stereocenters. The number of halogens is 1. The van der Waals surface area contributed by atoms with Crippen LogP contribution in [-0.2, 0) is 6.42 Å². The van der Waals surface area contributed by atoms with Crippen molar-refractivity contribution in [3.8, 4) is 0 Å². The molecule has 1 aromatic carbocycles. The highest BCUT2D eigenvalue weighted by molar-refractivity contribution is 7.99. The number of benzene rings is 1. The molecule has 84 valence electrons. The van der Waals surface area contributed by atoms with Crippen molar-refractivity contribution < 1.29 is 4.42 Å². The Kier molecular flexibility index (Phi) is 3.93. The fraction of sp³-hybridized carbons (Fsp3) is 0.167. The van der Waals surface area contributed by atoms with Crippen molar-refractivity contribution in [2.45, 2.75) is 16.4 Å². The van der Waals surface area contributed by atoms with E-state index in [1.54, 1.807) is 11.8 Å². The molecular formula is C12H12ClNOS. The van der Waals surface area contributed by atoms with E-state index < -0.39 is 0 Å². The number of hydrogen-bond acceptors (Lipinski definition) is 3. The van der Waals surface area contributed by atoms with Crippen molar-refractivity contribution in [1.29, 1.82) is 0 Å². The van der Waals surface area contributed by atoms with Crippen LogP contribution < -0.4 is 5.73 Å². The van der Waals surface area contributed by atoms with Crippen molar-refractivity contribution in [3.05, 3.63) is 47.2 Å². The Bertz CT molecular complexity index is 452. The van der Waals surface area contributed by atoms with Gasteiger partial charge in [-0.15, -0.1) is 0 Å². The molecule has 0 fully saturated rings. The molecule has 0 aliphatic heterocycles. The first-order valence-corrected chi connectivity index (χ1v) is 6.19. The summed E-state index contributed by atoms with van der Waals surface area (Å²) in [5.41, 5.74) is 5.46. The third kappa shape index (κ3) is 3.04. The third-order valence-corrected chi connectivity index (χ3v) is 3.24. The van der Waals surface area contributed by atoms with Gasteiger partial charge in [-0.3, -0.25) is 0 Å². The first kappa shape index (κ1) is 11.6. The molecule has 2 aromatic rings. The molecule has 0 aliphatic rings. The Morgan fingerprint density at radius 1 is 1.12 bits per heavy atom. The maximum atomic E-state index is 5.81. The van der Waals surface area contributed by atoms with Gasteiger partial charge in [-0.2, -0.15) is 0 Å². The van der Waals surface area contributed by atoms with Crippen LogP contribution in [0.5, 0.6) is 0 Å². The predicted molar refractivity (Wildman–Crippen MR) is 67.0 cm³/mol. The van der Waals surface area contributed by atoms with Gasteiger partial charge in [0.15, 0.2) is 5.09 Å². The molecule has 4 heteroatoms. The van der Waals surface area contributed by atoms with Gasteiger partial charge in [-0.05, 0) is 42.9 Å². The highest BCUT2D eigenvalue weighted by atomic mass is 35.5. The molecule has 0 amide bonds. The lowest BCUT2D eigenvalue weighted by Gasteiger charge is -1.98. The van der Waals surface area contributed by atoms with E-state index in [9.17, 15) is 0 Å². The van der Waals surface area contributed by atoms with Crippen molar-refractivity contribution in [1.82, 2.24) is 0 Å².